The van der Waals surface area contributed by atoms with Crippen LogP contribution >= 0.6 is 0 Å². The molecule has 0 atom stereocenters. The van der Waals surface area contributed by atoms with E-state index in [0.717, 1.165) is 19.3 Å². The summed E-state index contributed by atoms with van der Waals surface area (Å²) in [6.45, 7) is 7.76. The first-order valence-corrected chi connectivity index (χ1v) is 7.16. The van der Waals surface area contributed by atoms with E-state index in [9.17, 15) is 9.59 Å². The number of Topliss-reactive ketones (excluding diaryl/α,β-unsaturated/α-hetero) is 1. The molecule has 110 valence electrons. The molecule has 0 heterocycles. The summed E-state index contributed by atoms with van der Waals surface area (Å²) in [5.74, 6) is 0.0166. The molecule has 1 aromatic carbocycles. The van der Waals surface area contributed by atoms with Gasteiger partial charge in [0.05, 0.1) is 0 Å². The lowest BCUT2D eigenvalue weighted by Gasteiger charge is -2.31. The van der Waals surface area contributed by atoms with Gasteiger partial charge < -0.3 is 10.6 Å². The van der Waals surface area contributed by atoms with Crippen LogP contribution in [0.3, 0.4) is 0 Å². The zero-order valence-electron chi connectivity index (χ0n) is 12.7. The Bertz CT molecular complexity index is 454. The lowest BCUT2D eigenvalue weighted by molar-refractivity contribution is 0.101. The van der Waals surface area contributed by atoms with Crippen LogP contribution in [0.25, 0.3) is 0 Å². The molecule has 4 nitrogen and oxygen atoms in total. The van der Waals surface area contributed by atoms with Crippen LogP contribution < -0.4 is 10.6 Å². The van der Waals surface area contributed by atoms with Gasteiger partial charge in [0.1, 0.15) is 0 Å². The van der Waals surface area contributed by atoms with Crippen LogP contribution in [0.1, 0.15) is 57.3 Å². The first kappa shape index (κ1) is 16.2. The van der Waals surface area contributed by atoms with Crippen molar-refractivity contribution in [2.45, 2.75) is 52.5 Å². The first-order valence-electron chi connectivity index (χ1n) is 7.16. The van der Waals surface area contributed by atoms with Crippen molar-refractivity contribution >= 4 is 17.5 Å². The van der Waals surface area contributed by atoms with Gasteiger partial charge >= 0.3 is 6.03 Å². The Hall–Kier alpha value is -1.84. The van der Waals surface area contributed by atoms with Crippen LogP contribution in [0.15, 0.2) is 24.3 Å². The molecular formula is C16H24N2O2. The second-order valence-electron chi connectivity index (χ2n) is 5.05. The van der Waals surface area contributed by atoms with E-state index in [1.54, 1.807) is 24.3 Å². The second kappa shape index (κ2) is 7.08. The molecule has 0 bridgehead atoms. The molecule has 20 heavy (non-hydrogen) atoms. The lowest BCUT2D eigenvalue weighted by Crippen LogP contribution is -2.48. The molecule has 2 amide bonds. The highest BCUT2D eigenvalue weighted by molar-refractivity contribution is 5.95. The number of anilines is 1. The highest BCUT2D eigenvalue weighted by Crippen LogP contribution is 2.19. The molecule has 0 aliphatic heterocycles. The van der Waals surface area contributed by atoms with Crippen molar-refractivity contribution in [2.75, 3.05) is 5.32 Å². The Morgan fingerprint density at radius 1 is 1.00 bits per heavy atom. The van der Waals surface area contributed by atoms with E-state index in [1.165, 1.54) is 6.92 Å². The predicted octanol–water partition coefficient (Wildman–Crippen LogP) is 3.98. The topological polar surface area (TPSA) is 58.2 Å². The van der Waals surface area contributed by atoms with Gasteiger partial charge in [0.2, 0.25) is 0 Å². The average Bonchev–Trinajstić information content (AvgIpc) is 2.45. The summed E-state index contributed by atoms with van der Waals surface area (Å²) in [6, 6.07) is 6.70. The van der Waals surface area contributed by atoms with Gasteiger partial charge in [-0.2, -0.15) is 0 Å². The van der Waals surface area contributed by atoms with Gasteiger partial charge in [-0.3, -0.25) is 4.79 Å². The van der Waals surface area contributed by atoms with Gasteiger partial charge in [0, 0.05) is 16.8 Å². The van der Waals surface area contributed by atoms with Gasteiger partial charge in [-0.1, -0.05) is 20.8 Å². The third kappa shape index (κ3) is 4.08. The van der Waals surface area contributed by atoms with Gasteiger partial charge in [0.25, 0.3) is 0 Å². The molecule has 0 fully saturated rings. The zero-order valence-corrected chi connectivity index (χ0v) is 12.7. The van der Waals surface area contributed by atoms with E-state index >= 15 is 0 Å². The molecule has 0 saturated carbocycles. The van der Waals surface area contributed by atoms with E-state index in [2.05, 4.69) is 31.4 Å². The van der Waals surface area contributed by atoms with Crippen LogP contribution in [-0.2, 0) is 0 Å². The van der Waals surface area contributed by atoms with E-state index in [1.807, 2.05) is 0 Å². The van der Waals surface area contributed by atoms with Crippen molar-refractivity contribution in [1.82, 2.24) is 5.32 Å². The van der Waals surface area contributed by atoms with Gasteiger partial charge in [-0.15, -0.1) is 0 Å². The Kier molecular flexibility index (Phi) is 5.74. The van der Waals surface area contributed by atoms with E-state index in [4.69, 9.17) is 0 Å². The summed E-state index contributed by atoms with van der Waals surface area (Å²) < 4.78 is 0. The molecule has 0 aromatic heterocycles. The molecule has 0 saturated heterocycles. The summed E-state index contributed by atoms with van der Waals surface area (Å²) in [5, 5.41) is 5.85. The molecule has 1 rings (SSSR count). The summed E-state index contributed by atoms with van der Waals surface area (Å²) in [7, 11) is 0. The minimum absolute atomic E-state index is 0.0166. The lowest BCUT2D eigenvalue weighted by atomic mass is 9.90. The number of nitrogens with one attached hydrogen (secondary N) is 2. The summed E-state index contributed by atoms with van der Waals surface area (Å²) in [5.41, 5.74) is 1.18. The van der Waals surface area contributed by atoms with E-state index in [-0.39, 0.29) is 17.4 Å². The molecule has 4 heteroatoms. The minimum atomic E-state index is -0.203. The van der Waals surface area contributed by atoms with Crippen molar-refractivity contribution in [3.63, 3.8) is 0 Å². The average molecular weight is 276 g/mol. The van der Waals surface area contributed by atoms with Crippen molar-refractivity contribution in [3.05, 3.63) is 29.8 Å². The number of carbonyl (C=O) groups excluding carboxylic acids is 2. The van der Waals surface area contributed by atoms with Crippen molar-refractivity contribution in [2.24, 2.45) is 0 Å². The van der Waals surface area contributed by atoms with Crippen LogP contribution in [0.4, 0.5) is 10.5 Å². The van der Waals surface area contributed by atoms with Crippen LogP contribution in [0, 0.1) is 0 Å². The third-order valence-electron chi connectivity index (χ3n) is 3.96. The molecule has 1 aromatic rings. The standard InChI is InChI=1S/C16H24N2O2/c1-5-16(6-2,7-3)18-15(20)17-14-10-8-13(9-11-14)12(4)19/h8-11H,5-7H2,1-4H3,(H2,17,18,20). The fourth-order valence-electron chi connectivity index (χ4n) is 2.21. The Morgan fingerprint density at radius 2 is 1.50 bits per heavy atom. The number of amides is 2. The molecule has 0 aliphatic rings. The van der Waals surface area contributed by atoms with Crippen LogP contribution in [0.2, 0.25) is 0 Å². The van der Waals surface area contributed by atoms with Crippen molar-refractivity contribution in [3.8, 4) is 0 Å². The number of benzene rings is 1. The van der Waals surface area contributed by atoms with Crippen molar-refractivity contribution in [1.29, 1.82) is 0 Å². The van der Waals surface area contributed by atoms with Gasteiger partial charge in [-0.25, -0.2) is 4.79 Å². The maximum absolute atomic E-state index is 12.0. The van der Waals surface area contributed by atoms with Gasteiger partial charge in [-0.05, 0) is 50.5 Å². The van der Waals surface area contributed by atoms with E-state index < -0.39 is 0 Å². The normalized spacial score (nSPS) is 11.0. The van der Waals surface area contributed by atoms with Gasteiger partial charge in [0.15, 0.2) is 5.78 Å². The first-order chi connectivity index (χ1) is 9.46. The molecule has 0 spiro atoms. The molecular weight excluding hydrogens is 252 g/mol. The number of hydrogen-bond donors (Lipinski definition) is 2. The summed E-state index contributed by atoms with van der Waals surface area (Å²) in [6.07, 6.45) is 2.70. The Morgan fingerprint density at radius 3 is 1.90 bits per heavy atom. The molecule has 0 aliphatic carbocycles. The third-order valence-corrected chi connectivity index (χ3v) is 3.96. The van der Waals surface area contributed by atoms with Crippen LogP contribution in [-0.4, -0.2) is 17.4 Å². The van der Waals surface area contributed by atoms with E-state index in [0.29, 0.717) is 11.3 Å². The number of rotatable bonds is 6. The summed E-state index contributed by atoms with van der Waals surface area (Å²) >= 11 is 0. The largest absolute Gasteiger partial charge is 0.332 e. The predicted molar refractivity (Wildman–Crippen MR) is 82.2 cm³/mol. The second-order valence-corrected chi connectivity index (χ2v) is 5.05. The smallest absolute Gasteiger partial charge is 0.319 e. The number of hydrogen-bond acceptors (Lipinski definition) is 2. The zero-order chi connectivity index (χ0) is 15.2. The fourth-order valence-corrected chi connectivity index (χ4v) is 2.21. The Balaban J connectivity index is 2.68. The Labute approximate surface area is 121 Å². The monoisotopic (exact) mass is 276 g/mol. The molecule has 2 N–H and O–H groups in total. The SMILES string of the molecule is CCC(CC)(CC)NC(=O)Nc1ccc(C(C)=O)cc1. The van der Waals surface area contributed by atoms with Crippen molar-refractivity contribution < 1.29 is 9.59 Å². The number of carbonyl (C=O) groups is 2. The number of urea groups is 1. The maximum Gasteiger partial charge on any atom is 0.319 e. The minimum Gasteiger partial charge on any atom is -0.332 e. The number of ketones is 1. The van der Waals surface area contributed by atoms with Crippen LogP contribution in [0.5, 0.6) is 0 Å². The quantitative estimate of drug-likeness (QED) is 0.772. The molecule has 0 radical (unpaired) electrons. The summed E-state index contributed by atoms with van der Waals surface area (Å²) in [4.78, 5) is 23.2. The highest BCUT2D eigenvalue weighted by atomic mass is 16.2. The fraction of sp³-hybridized carbons (Fsp3) is 0.500. The molecule has 0 unspecified atom stereocenters. The maximum atomic E-state index is 12.0. The highest BCUT2D eigenvalue weighted by Gasteiger charge is 2.25.